The Morgan fingerprint density at radius 1 is 0.424 bits per heavy atom. The molecule has 0 aromatic rings. The van der Waals surface area contributed by atoms with Gasteiger partial charge >= 0.3 is 0 Å². The van der Waals surface area contributed by atoms with Crippen LogP contribution in [-0.2, 0) is 38.1 Å². The molecule has 1 saturated carbocycles. The Morgan fingerprint density at radius 2 is 0.765 bits per heavy atom. The number of carbonyl (C=O) groups excluding carboxylic acids is 3. The molecule has 6 heterocycles. The summed E-state index contributed by atoms with van der Waals surface area (Å²) in [6, 6.07) is 2.82. The van der Waals surface area contributed by atoms with Crippen molar-refractivity contribution in [1.29, 1.82) is 0 Å². The molecule has 6 saturated heterocycles. The molecule has 1 unspecified atom stereocenters. The molecule has 15 heteroatoms. The summed E-state index contributed by atoms with van der Waals surface area (Å²) in [4.78, 5) is 48.8. The highest BCUT2D eigenvalue weighted by atomic mass is 16.5. The minimum absolute atomic E-state index is 0.213. The molecule has 7 aliphatic rings. The Morgan fingerprint density at radius 3 is 0.953 bits per heavy atom. The topological polar surface area (TPSA) is 120 Å². The SMILES string of the molecule is CC(C)CC(=O)N(C)C.CC(C)CC(=O)N1CCC1.CC(C)CC(=O)N1CCCC1.CC(C)N1CCCC1.COC1CCN(C(C)C)C1.COCC1CC(C(C)C)C1.COCCC(C)C.CO[C@@H]1CCN(C(C)C)C1.CO[C@H]1CCN(C(C)C)C1. The monoisotopic (exact) mass is 1210 g/mol. The molecule has 3 amide bonds. The van der Waals surface area contributed by atoms with Crippen LogP contribution in [0.25, 0.3) is 0 Å². The van der Waals surface area contributed by atoms with E-state index in [2.05, 4.69) is 130 Å². The van der Waals surface area contributed by atoms with E-state index < -0.39 is 0 Å². The first-order valence-electron chi connectivity index (χ1n) is 34.2. The van der Waals surface area contributed by atoms with Crippen molar-refractivity contribution in [1.82, 2.24) is 34.3 Å². The van der Waals surface area contributed by atoms with Gasteiger partial charge in [0.2, 0.25) is 17.7 Å². The quantitative estimate of drug-likeness (QED) is 0.122. The molecular formula is C70H145N7O8. The maximum absolute atomic E-state index is 11.4. The molecule has 508 valence electrons. The maximum Gasteiger partial charge on any atom is 0.222 e. The average molecular weight is 1210 g/mol. The fourth-order valence-corrected chi connectivity index (χ4v) is 10.6. The highest BCUT2D eigenvalue weighted by molar-refractivity contribution is 5.77. The Kier molecular flexibility index (Phi) is 50.8. The lowest BCUT2D eigenvalue weighted by molar-refractivity contribution is -0.135. The molecule has 0 radical (unpaired) electrons. The Labute approximate surface area is 527 Å². The van der Waals surface area contributed by atoms with Crippen molar-refractivity contribution in [3.8, 4) is 0 Å². The summed E-state index contributed by atoms with van der Waals surface area (Å²) >= 11 is 0. The summed E-state index contributed by atoms with van der Waals surface area (Å²) in [6.45, 7) is 54.9. The van der Waals surface area contributed by atoms with E-state index >= 15 is 0 Å². The molecule has 0 aromatic heterocycles. The van der Waals surface area contributed by atoms with E-state index in [9.17, 15) is 14.4 Å². The van der Waals surface area contributed by atoms with Crippen molar-refractivity contribution in [3.63, 3.8) is 0 Å². The molecule has 3 atom stereocenters. The second-order valence-corrected chi connectivity index (χ2v) is 28.4. The van der Waals surface area contributed by atoms with Gasteiger partial charge in [0, 0.05) is 172 Å². The number of hydrogen-bond donors (Lipinski definition) is 0. The highest BCUT2D eigenvalue weighted by Crippen LogP contribution is 2.38. The summed E-state index contributed by atoms with van der Waals surface area (Å²) in [5.41, 5.74) is 0. The average Bonchev–Trinajstić information content (AvgIpc) is 4.29. The van der Waals surface area contributed by atoms with Gasteiger partial charge in [-0.2, -0.15) is 0 Å². The first-order valence-corrected chi connectivity index (χ1v) is 34.2. The number of likely N-dealkylation sites (tertiary alicyclic amines) is 6. The van der Waals surface area contributed by atoms with Crippen molar-refractivity contribution in [2.45, 2.75) is 257 Å². The predicted molar refractivity (Wildman–Crippen MR) is 361 cm³/mol. The summed E-state index contributed by atoms with van der Waals surface area (Å²) in [5, 5.41) is 0. The summed E-state index contributed by atoms with van der Waals surface area (Å²) in [7, 11) is 12.5. The third-order valence-corrected chi connectivity index (χ3v) is 17.0. The summed E-state index contributed by atoms with van der Waals surface area (Å²) < 4.78 is 25.7. The number of nitrogens with zero attached hydrogens (tertiary/aromatic N) is 7. The molecule has 7 rings (SSSR count). The first-order chi connectivity index (χ1) is 40.0. The lowest BCUT2D eigenvalue weighted by Gasteiger charge is -2.37. The van der Waals surface area contributed by atoms with Gasteiger partial charge in [0.1, 0.15) is 0 Å². The molecule has 0 bridgehead atoms. The number of ether oxygens (including phenoxy) is 5. The van der Waals surface area contributed by atoms with Crippen LogP contribution < -0.4 is 0 Å². The fourth-order valence-electron chi connectivity index (χ4n) is 10.6. The van der Waals surface area contributed by atoms with Gasteiger partial charge in [-0.25, -0.2) is 0 Å². The number of hydrogen-bond acceptors (Lipinski definition) is 12. The van der Waals surface area contributed by atoms with Gasteiger partial charge in [-0.1, -0.05) is 69.2 Å². The fraction of sp³-hybridized carbons (Fsp3) is 0.957. The van der Waals surface area contributed by atoms with Crippen LogP contribution in [0, 0.1) is 41.4 Å². The van der Waals surface area contributed by atoms with Gasteiger partial charge in [-0.3, -0.25) is 29.1 Å². The molecule has 15 nitrogen and oxygen atoms in total. The van der Waals surface area contributed by atoms with Crippen LogP contribution in [0.15, 0.2) is 0 Å². The standard InChI is InChI=1S/C9H17NO.C9H18O.3C8H17NO.C8H15NO.C7H15NO.C7H15N.C6H14O/c1-8(2)7-9(11)10-5-3-4-6-10;1-7(2)9-4-8(5-9)6-10-3;3*1-7(2)9-5-4-8(6-9)10-3;1-7(2)6-8(10)9-4-3-5-9;1-6(2)5-7(9)8(3)4;1-7(2)8-5-3-4-6-8;1-6(2)4-5-7-3/h8H,3-7H2,1-2H3;7-9H,4-6H2,1-3H3;3*7-8H,4-6H2,1-3H3;7H,3-6H2,1-2H3;6H,5H2,1-4H3;7H,3-6H2,1-2H3;6H,4-5H2,1-3H3/t;;2*8-;;;;;/m..10...../s1. The van der Waals surface area contributed by atoms with E-state index in [1.165, 1.54) is 103 Å². The largest absolute Gasteiger partial charge is 0.385 e. The van der Waals surface area contributed by atoms with Gasteiger partial charge in [-0.15, -0.1) is 0 Å². The zero-order chi connectivity index (χ0) is 65.2. The lowest BCUT2D eigenvalue weighted by Crippen LogP contribution is -2.42. The van der Waals surface area contributed by atoms with Gasteiger partial charge in [0.05, 0.1) is 18.3 Å². The molecular weight excluding hydrogens is 1070 g/mol. The number of methoxy groups -OCH3 is 5. The van der Waals surface area contributed by atoms with E-state index in [1.54, 1.807) is 54.5 Å². The van der Waals surface area contributed by atoms with Crippen LogP contribution in [-0.4, -0.2) is 236 Å². The second-order valence-electron chi connectivity index (χ2n) is 28.4. The van der Waals surface area contributed by atoms with Gasteiger partial charge < -0.3 is 43.3 Å². The number of carbonyl (C=O) groups is 3. The lowest BCUT2D eigenvalue weighted by atomic mass is 9.70. The van der Waals surface area contributed by atoms with E-state index in [0.717, 1.165) is 102 Å². The summed E-state index contributed by atoms with van der Waals surface area (Å²) in [6.07, 6.45) is 17.6. The van der Waals surface area contributed by atoms with Crippen molar-refractivity contribution in [3.05, 3.63) is 0 Å². The van der Waals surface area contributed by atoms with Crippen LogP contribution in [0.2, 0.25) is 0 Å². The van der Waals surface area contributed by atoms with E-state index in [1.807, 2.05) is 23.6 Å². The van der Waals surface area contributed by atoms with E-state index in [0.29, 0.717) is 72.4 Å². The number of amides is 3. The normalized spacial score (nSPS) is 22.2. The van der Waals surface area contributed by atoms with Crippen molar-refractivity contribution >= 4 is 17.7 Å². The highest BCUT2D eigenvalue weighted by Gasteiger charge is 2.31. The second kappa shape index (κ2) is 50.8. The third kappa shape index (κ3) is 43.4. The van der Waals surface area contributed by atoms with Gasteiger partial charge in [-0.05, 0) is 181 Å². The van der Waals surface area contributed by atoms with Crippen LogP contribution in [0.5, 0.6) is 0 Å². The minimum Gasteiger partial charge on any atom is -0.385 e. The zero-order valence-electron chi connectivity index (χ0n) is 60.8. The van der Waals surface area contributed by atoms with E-state index in [4.69, 9.17) is 23.7 Å². The molecule has 0 aromatic carbocycles. The zero-order valence-corrected chi connectivity index (χ0v) is 60.8. The number of rotatable bonds is 19. The molecule has 7 fully saturated rings. The van der Waals surface area contributed by atoms with Crippen LogP contribution in [0.3, 0.4) is 0 Å². The minimum atomic E-state index is 0.213. The van der Waals surface area contributed by atoms with Gasteiger partial charge in [0.15, 0.2) is 0 Å². The van der Waals surface area contributed by atoms with Crippen LogP contribution in [0.4, 0.5) is 0 Å². The molecule has 0 N–H and O–H groups in total. The molecule has 0 spiro atoms. The van der Waals surface area contributed by atoms with Crippen molar-refractivity contribution < 1.29 is 38.1 Å². The molecule has 6 aliphatic heterocycles. The maximum atomic E-state index is 11.4. The third-order valence-electron chi connectivity index (χ3n) is 17.0. The summed E-state index contributed by atoms with van der Waals surface area (Å²) in [5.74, 6) is 5.89. The van der Waals surface area contributed by atoms with Gasteiger partial charge in [0.25, 0.3) is 0 Å². The first kappa shape index (κ1) is 85.1. The van der Waals surface area contributed by atoms with Crippen LogP contribution in [0.1, 0.15) is 215 Å². The molecule has 1 aliphatic carbocycles. The Balaban J connectivity index is 0. The van der Waals surface area contributed by atoms with E-state index in [-0.39, 0.29) is 5.91 Å². The smallest absolute Gasteiger partial charge is 0.222 e. The van der Waals surface area contributed by atoms with Crippen molar-refractivity contribution in [2.24, 2.45) is 41.4 Å². The Hall–Kier alpha value is -1.95. The van der Waals surface area contributed by atoms with Crippen LogP contribution >= 0.6 is 0 Å². The molecule has 85 heavy (non-hydrogen) atoms. The predicted octanol–water partition coefficient (Wildman–Crippen LogP) is 12.9. The Bertz CT molecular complexity index is 1510. The van der Waals surface area contributed by atoms with Crippen molar-refractivity contribution in [2.75, 3.05) is 141 Å².